The highest BCUT2D eigenvalue weighted by Gasteiger charge is 2.34. The van der Waals surface area contributed by atoms with Crippen LogP contribution in [0.25, 0.3) is 10.9 Å². The third-order valence-electron chi connectivity index (χ3n) is 8.33. The van der Waals surface area contributed by atoms with E-state index in [2.05, 4.69) is 39.9 Å². The van der Waals surface area contributed by atoms with E-state index in [1.54, 1.807) is 37.3 Å². The number of amides is 2. The molecule has 3 aromatic carbocycles. The Bertz CT molecular complexity index is 1760. The summed E-state index contributed by atoms with van der Waals surface area (Å²) in [6, 6.07) is 20.0. The van der Waals surface area contributed by atoms with Gasteiger partial charge in [-0.05, 0) is 67.0 Å². The summed E-state index contributed by atoms with van der Waals surface area (Å²) in [5, 5.41) is 4.09. The zero-order valence-corrected chi connectivity index (χ0v) is 27.9. The van der Waals surface area contributed by atoms with Crippen molar-refractivity contribution in [3.8, 4) is 5.75 Å². The molecule has 1 aromatic heterocycles. The van der Waals surface area contributed by atoms with Gasteiger partial charge in [-0.15, -0.1) is 0 Å². The van der Waals surface area contributed by atoms with Crippen LogP contribution in [0.15, 0.2) is 77.8 Å². The van der Waals surface area contributed by atoms with Crippen LogP contribution in [0.4, 0.5) is 0 Å². The van der Waals surface area contributed by atoms with Gasteiger partial charge in [-0.3, -0.25) is 9.59 Å². The Morgan fingerprint density at radius 3 is 2.29 bits per heavy atom. The van der Waals surface area contributed by atoms with Gasteiger partial charge in [-0.2, -0.15) is 0 Å². The maximum Gasteiger partial charge on any atom is 0.269 e. The molecular weight excluding hydrogens is 586 g/mol. The van der Waals surface area contributed by atoms with Gasteiger partial charge in [0.05, 0.1) is 17.6 Å². The van der Waals surface area contributed by atoms with E-state index in [1.807, 2.05) is 39.0 Å². The van der Waals surface area contributed by atoms with Crippen LogP contribution in [0.3, 0.4) is 0 Å². The minimum absolute atomic E-state index is 0.0117. The first-order chi connectivity index (χ1) is 21.5. The number of sulfonamides is 1. The number of carbonyl (C=O) groups excluding carboxylic acids is 2. The molecule has 0 saturated heterocycles. The van der Waals surface area contributed by atoms with E-state index >= 15 is 0 Å². The zero-order valence-electron chi connectivity index (χ0n) is 27.1. The highest BCUT2D eigenvalue weighted by Crippen LogP contribution is 2.41. The molecule has 0 radical (unpaired) electrons. The highest BCUT2D eigenvalue weighted by molar-refractivity contribution is 7.90. The third-order valence-corrected chi connectivity index (χ3v) is 9.82. The van der Waals surface area contributed by atoms with Crippen LogP contribution in [0, 0.1) is 18.8 Å². The number of benzene rings is 3. The number of aryl methyl sites for hydroxylation is 2. The van der Waals surface area contributed by atoms with Crippen molar-refractivity contribution >= 4 is 32.7 Å². The van der Waals surface area contributed by atoms with Gasteiger partial charge in [0, 0.05) is 42.0 Å². The van der Waals surface area contributed by atoms with Crippen molar-refractivity contribution in [2.75, 3.05) is 13.7 Å². The summed E-state index contributed by atoms with van der Waals surface area (Å²) in [6.07, 6.45) is 4.27. The second-order valence-corrected chi connectivity index (χ2v) is 13.5. The fourth-order valence-corrected chi connectivity index (χ4v) is 7.26. The molecule has 2 N–H and O–H groups in total. The topological polar surface area (TPSA) is 106 Å². The molecule has 2 atom stereocenters. The van der Waals surface area contributed by atoms with E-state index in [4.69, 9.17) is 4.74 Å². The van der Waals surface area contributed by atoms with Gasteiger partial charge < -0.3 is 14.6 Å². The Balaban J connectivity index is 1.93. The molecule has 0 spiro atoms. The minimum atomic E-state index is -4.19. The fraction of sp³-hybridized carbons (Fsp3) is 0.389. The molecule has 4 rings (SSSR count). The summed E-state index contributed by atoms with van der Waals surface area (Å²) in [7, 11) is -2.73. The Labute approximate surface area is 267 Å². The highest BCUT2D eigenvalue weighted by atomic mass is 32.2. The van der Waals surface area contributed by atoms with Crippen molar-refractivity contribution in [1.82, 2.24) is 14.6 Å². The molecular formula is C36H45N3O5S. The first-order valence-electron chi connectivity index (χ1n) is 15.7. The number of methoxy groups -OCH3 is 1. The molecule has 2 amide bonds. The number of fused-ring (bicyclic) bond motifs is 1. The molecule has 9 heteroatoms. The van der Waals surface area contributed by atoms with Crippen LogP contribution in [0.2, 0.25) is 0 Å². The molecule has 1 heterocycles. The summed E-state index contributed by atoms with van der Waals surface area (Å²) in [5.41, 5.74) is 3.28. The second kappa shape index (κ2) is 14.8. The Morgan fingerprint density at radius 1 is 0.911 bits per heavy atom. The number of nitrogens with one attached hydrogen (secondary N) is 2. The maximum atomic E-state index is 14.1. The van der Waals surface area contributed by atoms with Gasteiger partial charge in [0.2, 0.25) is 5.91 Å². The predicted octanol–water partition coefficient (Wildman–Crippen LogP) is 6.81. The SMILES string of the molecule is CCCNC(=O)C(CC(c1cccc(OC)c1C(=O)NS(=O)(=O)c1ccccc1C)c1cn(CCC)c2ccccc12)C(C)C. The Hall–Kier alpha value is -4.11. The van der Waals surface area contributed by atoms with Crippen molar-refractivity contribution in [1.29, 1.82) is 0 Å². The molecule has 0 aliphatic rings. The molecule has 2 unspecified atom stereocenters. The first kappa shape index (κ1) is 33.8. The lowest BCUT2D eigenvalue weighted by Crippen LogP contribution is -2.35. The van der Waals surface area contributed by atoms with Gasteiger partial charge >= 0.3 is 0 Å². The Kier molecular flexibility index (Phi) is 11.1. The lowest BCUT2D eigenvalue weighted by atomic mass is 9.77. The number of rotatable bonds is 14. The fourth-order valence-electron chi connectivity index (χ4n) is 6.05. The van der Waals surface area contributed by atoms with Gasteiger partial charge in [-0.1, -0.05) is 76.2 Å². The lowest BCUT2D eigenvalue weighted by molar-refractivity contribution is -0.126. The average Bonchev–Trinajstić information content (AvgIpc) is 3.37. The molecule has 45 heavy (non-hydrogen) atoms. The van der Waals surface area contributed by atoms with Crippen LogP contribution < -0.4 is 14.8 Å². The summed E-state index contributed by atoms with van der Waals surface area (Å²) >= 11 is 0. The molecule has 0 fully saturated rings. The van der Waals surface area contributed by atoms with E-state index < -0.39 is 21.8 Å². The number of nitrogens with zero attached hydrogens (tertiary/aromatic N) is 1. The molecule has 0 aliphatic heterocycles. The zero-order chi connectivity index (χ0) is 32.7. The van der Waals surface area contributed by atoms with Gasteiger partial charge in [0.25, 0.3) is 15.9 Å². The molecule has 8 nitrogen and oxygen atoms in total. The van der Waals surface area contributed by atoms with Crippen molar-refractivity contribution in [2.24, 2.45) is 11.8 Å². The third kappa shape index (κ3) is 7.41. The van der Waals surface area contributed by atoms with Crippen LogP contribution in [-0.2, 0) is 21.4 Å². The van der Waals surface area contributed by atoms with E-state index in [0.29, 0.717) is 24.1 Å². The van der Waals surface area contributed by atoms with Gasteiger partial charge in [0.15, 0.2) is 0 Å². The largest absolute Gasteiger partial charge is 0.496 e. The number of hydrogen-bond donors (Lipinski definition) is 2. The van der Waals surface area contributed by atoms with Crippen molar-refractivity contribution in [3.05, 3.63) is 95.2 Å². The summed E-state index contributed by atoms with van der Waals surface area (Å²) in [6.45, 7) is 11.3. The number of aromatic nitrogens is 1. The maximum absolute atomic E-state index is 14.1. The molecule has 0 saturated carbocycles. The monoisotopic (exact) mass is 631 g/mol. The molecule has 0 bridgehead atoms. The van der Waals surface area contributed by atoms with E-state index in [1.165, 1.54) is 13.2 Å². The first-order valence-corrected chi connectivity index (χ1v) is 17.2. The van der Waals surface area contributed by atoms with Gasteiger partial charge in [0.1, 0.15) is 5.75 Å². The number of hydrogen-bond acceptors (Lipinski definition) is 5. The number of carbonyl (C=O) groups is 2. The minimum Gasteiger partial charge on any atom is -0.496 e. The number of para-hydroxylation sites is 1. The second-order valence-electron chi connectivity index (χ2n) is 11.8. The molecule has 240 valence electrons. The quantitative estimate of drug-likeness (QED) is 0.159. The summed E-state index contributed by atoms with van der Waals surface area (Å²) in [5.74, 6) is -1.35. The smallest absolute Gasteiger partial charge is 0.269 e. The lowest BCUT2D eigenvalue weighted by Gasteiger charge is -2.28. The summed E-state index contributed by atoms with van der Waals surface area (Å²) in [4.78, 5) is 27.7. The van der Waals surface area contributed by atoms with Crippen molar-refractivity contribution in [3.63, 3.8) is 0 Å². The van der Waals surface area contributed by atoms with E-state index in [0.717, 1.165) is 35.9 Å². The van der Waals surface area contributed by atoms with Crippen LogP contribution in [0.5, 0.6) is 5.75 Å². The van der Waals surface area contributed by atoms with Crippen LogP contribution in [0.1, 0.15) is 79.9 Å². The van der Waals surface area contributed by atoms with Crippen molar-refractivity contribution in [2.45, 2.75) is 71.2 Å². The van der Waals surface area contributed by atoms with E-state index in [-0.39, 0.29) is 34.0 Å². The van der Waals surface area contributed by atoms with Crippen LogP contribution >= 0.6 is 0 Å². The summed E-state index contributed by atoms with van der Waals surface area (Å²) < 4.78 is 37.1. The standard InChI is InChI=1S/C36H45N3O5S/c1-7-20-37-35(40)28(24(3)4)22-29(30-23-39(21-8-2)31-17-11-10-15-26(30)31)27-16-13-18-32(44-6)34(27)36(41)38-45(42,43)33-19-12-9-14-25(33)5/h9-19,23-24,28-29H,7-8,20-22H2,1-6H3,(H,37,40)(H,38,41). The predicted molar refractivity (Wildman–Crippen MR) is 179 cm³/mol. The number of ether oxygens (including phenoxy) is 1. The van der Waals surface area contributed by atoms with E-state index in [9.17, 15) is 18.0 Å². The Morgan fingerprint density at radius 2 is 1.62 bits per heavy atom. The molecule has 0 aliphatic carbocycles. The molecule has 4 aromatic rings. The average molecular weight is 632 g/mol. The normalized spacial score (nSPS) is 13.0. The van der Waals surface area contributed by atoms with Gasteiger partial charge in [-0.25, -0.2) is 13.1 Å². The van der Waals surface area contributed by atoms with Crippen molar-refractivity contribution < 1.29 is 22.7 Å². The van der Waals surface area contributed by atoms with Crippen LogP contribution in [-0.4, -0.2) is 38.5 Å².